The van der Waals surface area contributed by atoms with Crippen molar-refractivity contribution in [2.24, 2.45) is 0 Å². The number of benzene rings is 1. The Kier molecular flexibility index (Phi) is 4.13. The Morgan fingerprint density at radius 3 is 2.75 bits per heavy atom. The molecule has 2 aromatic rings. The first-order valence-corrected chi connectivity index (χ1v) is 7.93. The van der Waals surface area contributed by atoms with Crippen LogP contribution >= 0.6 is 0 Å². The molecule has 6 heteroatoms. The number of amides is 2. The molecule has 1 aliphatic rings. The highest BCUT2D eigenvalue weighted by atomic mass is 16.3. The number of nitrogens with zero attached hydrogens (tertiary/aromatic N) is 2. The second-order valence-corrected chi connectivity index (χ2v) is 6.97. The molecule has 0 bridgehead atoms. The van der Waals surface area contributed by atoms with Crippen LogP contribution in [0.5, 0.6) is 0 Å². The summed E-state index contributed by atoms with van der Waals surface area (Å²) in [6.07, 6.45) is 1.61. The number of hydrogen-bond acceptors (Lipinski definition) is 4. The van der Waals surface area contributed by atoms with Gasteiger partial charge in [-0.15, -0.1) is 0 Å². The highest BCUT2D eigenvalue weighted by Crippen LogP contribution is 2.22. The summed E-state index contributed by atoms with van der Waals surface area (Å²) in [6, 6.07) is 7.42. The molecule has 24 heavy (non-hydrogen) atoms. The molecule has 0 saturated heterocycles. The summed E-state index contributed by atoms with van der Waals surface area (Å²) in [4.78, 5) is 30.2. The lowest BCUT2D eigenvalue weighted by atomic mass is 9.93. The van der Waals surface area contributed by atoms with Crippen LogP contribution in [-0.4, -0.2) is 28.2 Å². The van der Waals surface area contributed by atoms with Gasteiger partial charge in [-0.25, -0.2) is 4.98 Å². The standard InChI is InChI=1S/C18H21N3O3/c1-18(2,3)14-11-24-16(20-14)8-19-15(22)10-21-9-12-6-4-5-7-13(12)17(21)23/h4-7,11H,8-10H2,1-3H3,(H,19,22). The summed E-state index contributed by atoms with van der Waals surface area (Å²) in [7, 11) is 0. The Bertz CT molecular complexity index is 774. The molecule has 1 aromatic carbocycles. The van der Waals surface area contributed by atoms with Crippen molar-refractivity contribution in [3.63, 3.8) is 0 Å². The van der Waals surface area contributed by atoms with Gasteiger partial charge < -0.3 is 14.6 Å². The van der Waals surface area contributed by atoms with Gasteiger partial charge >= 0.3 is 0 Å². The smallest absolute Gasteiger partial charge is 0.254 e. The van der Waals surface area contributed by atoms with Gasteiger partial charge in [-0.05, 0) is 11.6 Å². The van der Waals surface area contributed by atoms with Crippen molar-refractivity contribution in [2.75, 3.05) is 6.54 Å². The number of rotatable bonds is 4. The van der Waals surface area contributed by atoms with E-state index in [1.165, 1.54) is 4.90 Å². The van der Waals surface area contributed by atoms with Crippen LogP contribution in [0.2, 0.25) is 0 Å². The highest BCUT2D eigenvalue weighted by Gasteiger charge is 2.28. The third kappa shape index (κ3) is 3.32. The first kappa shape index (κ1) is 16.2. The molecule has 6 nitrogen and oxygen atoms in total. The largest absolute Gasteiger partial charge is 0.447 e. The molecule has 2 amide bonds. The van der Waals surface area contributed by atoms with Crippen molar-refractivity contribution in [2.45, 2.75) is 39.3 Å². The van der Waals surface area contributed by atoms with E-state index in [0.29, 0.717) is 18.0 Å². The van der Waals surface area contributed by atoms with Gasteiger partial charge in [0, 0.05) is 17.5 Å². The van der Waals surface area contributed by atoms with Crippen molar-refractivity contribution in [3.8, 4) is 0 Å². The Morgan fingerprint density at radius 2 is 2.08 bits per heavy atom. The summed E-state index contributed by atoms with van der Waals surface area (Å²) in [5.74, 6) is 0.128. The zero-order chi connectivity index (χ0) is 17.3. The van der Waals surface area contributed by atoms with Gasteiger partial charge in [0.1, 0.15) is 12.8 Å². The molecule has 0 spiro atoms. The second-order valence-electron chi connectivity index (χ2n) is 6.97. The number of fused-ring (bicyclic) bond motifs is 1. The minimum absolute atomic E-state index is 0.0281. The van der Waals surface area contributed by atoms with E-state index in [4.69, 9.17) is 4.42 Å². The van der Waals surface area contributed by atoms with Gasteiger partial charge in [0.2, 0.25) is 11.8 Å². The molecule has 2 heterocycles. The van der Waals surface area contributed by atoms with E-state index in [9.17, 15) is 9.59 Å². The van der Waals surface area contributed by atoms with Crippen molar-refractivity contribution < 1.29 is 14.0 Å². The van der Waals surface area contributed by atoms with Gasteiger partial charge in [-0.1, -0.05) is 39.0 Å². The van der Waals surface area contributed by atoms with Crippen molar-refractivity contribution in [1.82, 2.24) is 15.2 Å². The van der Waals surface area contributed by atoms with Crippen LogP contribution in [0.3, 0.4) is 0 Å². The zero-order valence-corrected chi connectivity index (χ0v) is 14.1. The second kappa shape index (κ2) is 6.11. The quantitative estimate of drug-likeness (QED) is 0.934. The van der Waals surface area contributed by atoms with Crippen LogP contribution in [0, 0.1) is 0 Å². The summed E-state index contributed by atoms with van der Waals surface area (Å²) in [5.41, 5.74) is 2.38. The monoisotopic (exact) mass is 327 g/mol. The molecule has 1 aromatic heterocycles. The predicted molar refractivity (Wildman–Crippen MR) is 88.2 cm³/mol. The van der Waals surface area contributed by atoms with Gasteiger partial charge in [-0.3, -0.25) is 9.59 Å². The molecule has 1 aliphatic heterocycles. The van der Waals surface area contributed by atoms with Gasteiger partial charge in [0.05, 0.1) is 12.2 Å². The molecule has 0 fully saturated rings. The lowest BCUT2D eigenvalue weighted by molar-refractivity contribution is -0.122. The van der Waals surface area contributed by atoms with Crippen LogP contribution < -0.4 is 5.32 Å². The molecule has 0 radical (unpaired) electrons. The number of carbonyl (C=O) groups is 2. The summed E-state index contributed by atoms with van der Waals surface area (Å²) in [6.45, 7) is 6.84. The molecule has 126 valence electrons. The highest BCUT2D eigenvalue weighted by molar-refractivity contribution is 6.00. The third-order valence-corrected chi connectivity index (χ3v) is 3.99. The predicted octanol–water partition coefficient (Wildman–Crippen LogP) is 2.24. The summed E-state index contributed by atoms with van der Waals surface area (Å²) >= 11 is 0. The third-order valence-electron chi connectivity index (χ3n) is 3.99. The molecule has 1 N–H and O–H groups in total. The van der Waals surface area contributed by atoms with Crippen LogP contribution in [0.15, 0.2) is 34.9 Å². The maximum atomic E-state index is 12.2. The molecule has 0 saturated carbocycles. The van der Waals surface area contributed by atoms with Crippen LogP contribution in [0.1, 0.15) is 48.3 Å². The Labute approximate surface area is 140 Å². The van der Waals surface area contributed by atoms with E-state index in [2.05, 4.69) is 10.3 Å². The summed E-state index contributed by atoms with van der Waals surface area (Å²) < 4.78 is 5.38. The zero-order valence-electron chi connectivity index (χ0n) is 14.1. The van der Waals surface area contributed by atoms with E-state index < -0.39 is 0 Å². The fourth-order valence-electron chi connectivity index (χ4n) is 2.58. The number of carbonyl (C=O) groups excluding carboxylic acids is 2. The van der Waals surface area contributed by atoms with Crippen molar-refractivity contribution in [3.05, 3.63) is 53.2 Å². The Hall–Kier alpha value is -2.63. The topological polar surface area (TPSA) is 75.4 Å². The van der Waals surface area contributed by atoms with E-state index in [1.807, 2.05) is 39.0 Å². The fraction of sp³-hybridized carbons (Fsp3) is 0.389. The lowest BCUT2D eigenvalue weighted by Gasteiger charge is -2.14. The van der Waals surface area contributed by atoms with Crippen molar-refractivity contribution in [1.29, 1.82) is 0 Å². The van der Waals surface area contributed by atoms with Gasteiger partial charge in [0.25, 0.3) is 5.91 Å². The van der Waals surface area contributed by atoms with E-state index in [1.54, 1.807) is 12.3 Å². The molecule has 3 rings (SSSR count). The van der Waals surface area contributed by atoms with Gasteiger partial charge in [-0.2, -0.15) is 0 Å². The minimum atomic E-state index is -0.230. The van der Waals surface area contributed by atoms with Crippen LogP contribution in [0.25, 0.3) is 0 Å². The SMILES string of the molecule is CC(C)(C)c1coc(CNC(=O)CN2Cc3ccccc3C2=O)n1. The number of oxazole rings is 1. The van der Waals surface area contributed by atoms with E-state index in [0.717, 1.165) is 11.3 Å². The van der Waals surface area contributed by atoms with Gasteiger partial charge in [0.15, 0.2) is 0 Å². The first-order chi connectivity index (χ1) is 11.3. The molecular weight excluding hydrogens is 306 g/mol. The van der Waals surface area contributed by atoms with Crippen LogP contribution in [-0.2, 0) is 23.3 Å². The average molecular weight is 327 g/mol. The number of hydrogen-bond donors (Lipinski definition) is 1. The Balaban J connectivity index is 1.54. The lowest BCUT2D eigenvalue weighted by Crippen LogP contribution is -2.37. The molecule has 0 aliphatic carbocycles. The number of nitrogens with one attached hydrogen (secondary N) is 1. The minimum Gasteiger partial charge on any atom is -0.447 e. The van der Waals surface area contributed by atoms with E-state index >= 15 is 0 Å². The maximum Gasteiger partial charge on any atom is 0.254 e. The fourth-order valence-corrected chi connectivity index (χ4v) is 2.58. The summed E-state index contributed by atoms with van der Waals surface area (Å²) in [5, 5.41) is 2.75. The first-order valence-electron chi connectivity index (χ1n) is 7.93. The molecule has 0 atom stereocenters. The average Bonchev–Trinajstić information content (AvgIpc) is 3.11. The molecular formula is C18H21N3O3. The van der Waals surface area contributed by atoms with Crippen molar-refractivity contribution >= 4 is 11.8 Å². The van der Waals surface area contributed by atoms with Crippen LogP contribution in [0.4, 0.5) is 0 Å². The van der Waals surface area contributed by atoms with E-state index in [-0.39, 0.29) is 30.3 Å². The Morgan fingerprint density at radius 1 is 1.33 bits per heavy atom. The number of aromatic nitrogens is 1. The molecule has 0 unspecified atom stereocenters. The maximum absolute atomic E-state index is 12.2. The normalized spacial score (nSPS) is 14.0.